The Kier molecular flexibility index (Phi) is 51.1. The summed E-state index contributed by atoms with van der Waals surface area (Å²) in [6.07, 6.45) is 0. The molecule has 0 spiro atoms. The summed E-state index contributed by atoms with van der Waals surface area (Å²) in [6, 6.07) is 0. The molecule has 0 heterocycles. The van der Waals surface area contributed by atoms with Gasteiger partial charge in [-0.15, -0.1) is 48.0 Å². The molecule has 0 nitrogen and oxygen atoms in total. The Labute approximate surface area is 77.7 Å². The molecule has 2 radical (unpaired) electrons. The van der Waals surface area contributed by atoms with Gasteiger partial charge < -0.3 is 0 Å². The zero-order valence-electron chi connectivity index (χ0n) is 3.32. The average molecular weight is 405 g/mol. The second kappa shape index (κ2) is 16.3. The van der Waals surface area contributed by atoms with Crippen molar-refractivity contribution >= 4 is 69.1 Å². The van der Waals surface area contributed by atoms with Crippen molar-refractivity contribution in [3.63, 3.8) is 0 Å². The first-order valence-corrected chi connectivity index (χ1v) is 6.71. The Morgan fingerprint density at radius 3 is 1.00 bits per heavy atom. The van der Waals surface area contributed by atoms with Gasteiger partial charge in [0.25, 0.3) is 0 Å². The molecule has 0 rings (SSSR count). The zero-order chi connectivity index (χ0) is 2.71. The molecule has 34 valence electrons. The second-order valence-corrected chi connectivity index (χ2v) is 3.35. The van der Waals surface area contributed by atoms with Crippen molar-refractivity contribution in [2.24, 2.45) is 0 Å². The zero-order valence-corrected chi connectivity index (χ0v) is 10.8. The summed E-state index contributed by atoms with van der Waals surface area (Å²) in [6.45, 7) is 0. The number of halogens is 2. The van der Waals surface area contributed by atoms with Crippen molar-refractivity contribution in [2.75, 3.05) is 0 Å². The molecule has 0 unspecified atom stereocenters. The Balaban J connectivity index is -0.0000000200. The summed E-state index contributed by atoms with van der Waals surface area (Å²) in [5.74, 6) is 0. The minimum absolute atomic E-state index is 0. The molecule has 0 N–H and O–H groups in total. The van der Waals surface area contributed by atoms with E-state index in [1.165, 1.54) is 0 Å². The van der Waals surface area contributed by atoms with Gasteiger partial charge in [-0.2, -0.15) is 0 Å². The van der Waals surface area contributed by atoms with E-state index in [1.54, 1.807) is 0 Å². The maximum absolute atomic E-state index is 2.30. The Morgan fingerprint density at radius 1 is 1.00 bits per heavy atom. The van der Waals surface area contributed by atoms with Crippen LogP contribution in [0.3, 0.4) is 0 Å². The van der Waals surface area contributed by atoms with Crippen molar-refractivity contribution in [2.45, 2.75) is 9.88 Å². The van der Waals surface area contributed by atoms with Crippen molar-refractivity contribution in [1.29, 1.82) is 0 Å². The standard InChI is InChI=1S/2CH3.2HI.Sn/h2*1H3;2*1H;. The topological polar surface area (TPSA) is 0 Å². The molecule has 0 saturated heterocycles. The molecule has 0 aromatic rings. The molecule has 0 aliphatic carbocycles. The quantitative estimate of drug-likeness (QED) is 0.428. The predicted molar refractivity (Wildman–Crippen MR) is 48.3 cm³/mol. The van der Waals surface area contributed by atoms with Gasteiger partial charge in [0.2, 0.25) is 0 Å². The van der Waals surface area contributed by atoms with E-state index in [4.69, 9.17) is 0 Å². The summed E-state index contributed by atoms with van der Waals surface area (Å²) >= 11 is 0.230. The van der Waals surface area contributed by atoms with Crippen molar-refractivity contribution in [3.05, 3.63) is 0 Å². The van der Waals surface area contributed by atoms with Crippen LogP contribution in [0.1, 0.15) is 0 Å². The van der Waals surface area contributed by atoms with E-state index in [-0.39, 0.29) is 69.1 Å². The van der Waals surface area contributed by atoms with Crippen LogP contribution in [0.2, 0.25) is 9.88 Å². The molecule has 0 bridgehead atoms. The van der Waals surface area contributed by atoms with E-state index in [0.717, 1.165) is 0 Å². The van der Waals surface area contributed by atoms with Crippen molar-refractivity contribution < 1.29 is 0 Å². The van der Waals surface area contributed by atoms with Gasteiger partial charge in [-0.1, -0.05) is 0 Å². The first-order chi connectivity index (χ1) is 1.41. The average Bonchev–Trinajstić information content (AvgIpc) is 0.918. The molecule has 5 heavy (non-hydrogen) atoms. The summed E-state index contributed by atoms with van der Waals surface area (Å²) < 4.78 is 0. The van der Waals surface area contributed by atoms with Gasteiger partial charge >= 0.3 is 31.0 Å². The molecule has 0 aromatic heterocycles. The first kappa shape index (κ1) is 15.7. The number of hydrogen-bond acceptors (Lipinski definition) is 0. The van der Waals surface area contributed by atoms with Crippen molar-refractivity contribution in [3.8, 4) is 0 Å². The fourth-order valence-corrected chi connectivity index (χ4v) is 0. The molecule has 0 aliphatic rings. The van der Waals surface area contributed by atoms with E-state index in [2.05, 4.69) is 9.88 Å². The molecular weight excluding hydrogens is 397 g/mol. The summed E-state index contributed by atoms with van der Waals surface area (Å²) in [4.78, 5) is 4.59. The normalized spacial score (nSPS) is 3.60. The molecule has 0 atom stereocenters. The van der Waals surface area contributed by atoms with Gasteiger partial charge in [0.1, 0.15) is 0 Å². The van der Waals surface area contributed by atoms with E-state index in [0.29, 0.717) is 0 Å². The molecule has 0 aliphatic heterocycles. The predicted octanol–water partition coefficient (Wildman–Crippen LogP) is 2.02. The fourth-order valence-electron chi connectivity index (χ4n) is 0. The second-order valence-electron chi connectivity index (χ2n) is 0.500. The maximum atomic E-state index is 2.30. The number of rotatable bonds is 0. The van der Waals surface area contributed by atoms with E-state index >= 15 is 0 Å². The van der Waals surface area contributed by atoms with Gasteiger partial charge in [-0.05, 0) is 0 Å². The summed E-state index contributed by atoms with van der Waals surface area (Å²) in [5, 5.41) is 0. The SMILES string of the molecule is I.I.[CH3][Sn][CH3]. The van der Waals surface area contributed by atoms with Crippen LogP contribution in [0.15, 0.2) is 0 Å². The Morgan fingerprint density at radius 2 is 1.00 bits per heavy atom. The van der Waals surface area contributed by atoms with Gasteiger partial charge in [0.15, 0.2) is 0 Å². The van der Waals surface area contributed by atoms with Gasteiger partial charge in [-0.25, -0.2) is 0 Å². The molecule has 0 saturated carbocycles. The third kappa shape index (κ3) is 22.2. The van der Waals surface area contributed by atoms with Crippen LogP contribution >= 0.6 is 48.0 Å². The van der Waals surface area contributed by atoms with E-state index < -0.39 is 0 Å². The Hall–Kier alpha value is 2.26. The van der Waals surface area contributed by atoms with Crippen molar-refractivity contribution in [1.82, 2.24) is 0 Å². The summed E-state index contributed by atoms with van der Waals surface area (Å²) in [7, 11) is 0. The molecule has 3 heteroatoms. The third-order valence-electron chi connectivity index (χ3n) is 0. The van der Waals surface area contributed by atoms with Crippen LogP contribution < -0.4 is 0 Å². The molecule has 0 aromatic carbocycles. The van der Waals surface area contributed by atoms with Crippen LogP contribution in [0, 0.1) is 0 Å². The van der Waals surface area contributed by atoms with E-state index in [1.807, 2.05) is 0 Å². The molecule has 0 amide bonds. The van der Waals surface area contributed by atoms with Crippen LogP contribution in [0.5, 0.6) is 0 Å². The summed E-state index contributed by atoms with van der Waals surface area (Å²) in [5.41, 5.74) is 0. The van der Waals surface area contributed by atoms with Crippen LogP contribution in [0.4, 0.5) is 0 Å². The van der Waals surface area contributed by atoms with E-state index in [9.17, 15) is 0 Å². The van der Waals surface area contributed by atoms with Gasteiger partial charge in [0, 0.05) is 0 Å². The monoisotopic (exact) mass is 406 g/mol. The fraction of sp³-hybridized carbons (Fsp3) is 1.00. The van der Waals surface area contributed by atoms with Gasteiger partial charge in [-0.3, -0.25) is 0 Å². The third-order valence-corrected chi connectivity index (χ3v) is 0. The molecule has 0 fully saturated rings. The van der Waals surface area contributed by atoms with Crippen LogP contribution in [-0.4, -0.2) is 21.1 Å². The van der Waals surface area contributed by atoms with Crippen LogP contribution in [0.25, 0.3) is 0 Å². The van der Waals surface area contributed by atoms with Crippen LogP contribution in [-0.2, 0) is 0 Å². The molecular formula is C2H8I2Sn. The number of hydrogen-bond donors (Lipinski definition) is 0. The minimum atomic E-state index is 0. The Bertz CT molecular complexity index is 7.61. The van der Waals surface area contributed by atoms with Gasteiger partial charge in [0.05, 0.1) is 0 Å². The first-order valence-electron chi connectivity index (χ1n) is 1.00.